The highest BCUT2D eigenvalue weighted by atomic mass is 19.1. The van der Waals surface area contributed by atoms with Gasteiger partial charge in [0, 0.05) is 57.4 Å². The number of nitrogens with zero attached hydrogens (tertiary/aromatic N) is 3. The summed E-state index contributed by atoms with van der Waals surface area (Å²) in [6.07, 6.45) is 2.47. The van der Waals surface area contributed by atoms with Gasteiger partial charge in [-0.1, -0.05) is 0 Å². The molecule has 0 radical (unpaired) electrons. The van der Waals surface area contributed by atoms with Gasteiger partial charge in [-0.3, -0.25) is 9.69 Å². The number of likely N-dealkylation sites (tertiary alicyclic amines) is 1. The Balaban J connectivity index is 1.25. The van der Waals surface area contributed by atoms with Crippen LogP contribution >= 0.6 is 0 Å². The Labute approximate surface area is 183 Å². The van der Waals surface area contributed by atoms with Gasteiger partial charge in [-0.15, -0.1) is 0 Å². The van der Waals surface area contributed by atoms with Gasteiger partial charge in [-0.25, -0.2) is 9.18 Å². The summed E-state index contributed by atoms with van der Waals surface area (Å²) in [5.74, 6) is -0.313. The lowest BCUT2D eigenvalue weighted by atomic mass is 9.76. The van der Waals surface area contributed by atoms with Crippen LogP contribution in [0.2, 0.25) is 0 Å². The number of cyclic esters (lactones) is 1. The zero-order chi connectivity index (χ0) is 22.0. The molecule has 1 amide bonds. The number of amides is 1. The second kappa shape index (κ2) is 9.02. The number of halogens is 1. The number of carbonyl (C=O) groups is 2. The molecule has 0 saturated carbocycles. The van der Waals surface area contributed by atoms with Crippen LogP contribution in [-0.4, -0.2) is 80.4 Å². The van der Waals surface area contributed by atoms with E-state index in [1.165, 1.54) is 19.2 Å². The van der Waals surface area contributed by atoms with Gasteiger partial charge in [-0.2, -0.15) is 0 Å². The van der Waals surface area contributed by atoms with Crippen LogP contribution < -0.4 is 4.90 Å². The molecule has 0 aromatic heterocycles. The number of methoxy groups -OCH3 is 1. The number of carbonyl (C=O) groups excluding carboxylic acids is 2. The number of anilines is 1. The fourth-order valence-electron chi connectivity index (χ4n) is 5.18. The fourth-order valence-corrected chi connectivity index (χ4v) is 5.18. The van der Waals surface area contributed by atoms with E-state index in [0.717, 1.165) is 44.7 Å². The molecule has 0 N–H and O–H groups in total. The van der Waals surface area contributed by atoms with Gasteiger partial charge in [0.15, 0.2) is 0 Å². The molecule has 0 unspecified atom stereocenters. The Morgan fingerprint density at radius 3 is 2.55 bits per heavy atom. The first-order chi connectivity index (χ1) is 14.9. The van der Waals surface area contributed by atoms with Crippen LogP contribution in [0.5, 0.6) is 0 Å². The third kappa shape index (κ3) is 4.63. The Morgan fingerprint density at radius 2 is 1.90 bits per heavy atom. The molecule has 3 fully saturated rings. The second-order valence-corrected chi connectivity index (χ2v) is 9.06. The Hall–Kier alpha value is -2.35. The molecule has 7 nitrogen and oxygen atoms in total. The molecular weight excluding hydrogens is 401 g/mol. The van der Waals surface area contributed by atoms with Gasteiger partial charge in [0.05, 0.1) is 12.5 Å². The molecule has 0 aliphatic carbocycles. The summed E-state index contributed by atoms with van der Waals surface area (Å²) < 4.78 is 23.7. The van der Waals surface area contributed by atoms with Crippen LogP contribution in [0.1, 0.15) is 32.6 Å². The normalized spacial score (nSPS) is 26.2. The molecule has 0 bridgehead atoms. The molecule has 1 aromatic rings. The number of esters is 1. The van der Waals surface area contributed by atoms with Crippen molar-refractivity contribution in [2.24, 2.45) is 5.41 Å². The van der Waals surface area contributed by atoms with Crippen molar-refractivity contribution in [1.82, 2.24) is 9.80 Å². The number of piperidine rings is 1. The van der Waals surface area contributed by atoms with Crippen molar-refractivity contribution in [1.29, 1.82) is 0 Å². The van der Waals surface area contributed by atoms with Crippen molar-refractivity contribution in [2.45, 2.75) is 44.8 Å². The maximum Gasteiger partial charge on any atom is 0.409 e. The molecule has 1 aromatic carbocycles. The first kappa shape index (κ1) is 21.9. The minimum atomic E-state index is -0.442. The van der Waals surface area contributed by atoms with E-state index in [1.807, 2.05) is 12.1 Å². The van der Waals surface area contributed by atoms with Crippen LogP contribution in [0.4, 0.5) is 14.9 Å². The number of hydrogen-bond donors (Lipinski definition) is 0. The van der Waals surface area contributed by atoms with Crippen molar-refractivity contribution in [3.63, 3.8) is 0 Å². The molecule has 8 heteroatoms. The summed E-state index contributed by atoms with van der Waals surface area (Å²) in [7, 11) is 1.38. The Morgan fingerprint density at radius 1 is 1.19 bits per heavy atom. The molecule has 3 saturated heterocycles. The van der Waals surface area contributed by atoms with Crippen LogP contribution in [0, 0.1) is 11.2 Å². The second-order valence-electron chi connectivity index (χ2n) is 9.06. The fraction of sp³-hybridized carbons (Fsp3) is 0.652. The van der Waals surface area contributed by atoms with E-state index in [4.69, 9.17) is 9.47 Å². The quantitative estimate of drug-likeness (QED) is 0.681. The summed E-state index contributed by atoms with van der Waals surface area (Å²) in [6, 6.07) is 7.05. The van der Waals surface area contributed by atoms with Gasteiger partial charge >= 0.3 is 12.1 Å². The molecule has 1 spiro atoms. The molecule has 3 aliphatic rings. The molecule has 2 atom stereocenters. The van der Waals surface area contributed by atoms with E-state index in [2.05, 4.69) is 16.7 Å². The number of ether oxygens (including phenoxy) is 2. The summed E-state index contributed by atoms with van der Waals surface area (Å²) in [6.45, 7) is 6.89. The van der Waals surface area contributed by atoms with Crippen LogP contribution in [-0.2, 0) is 14.3 Å². The lowest BCUT2D eigenvalue weighted by Crippen LogP contribution is -2.52. The SMILES string of the molecule is COC(=O)N1CCC2(CC1)C[C@H](CCN1CCN(c3ccc(F)cc3)C[C@H]1C)OC2=O. The van der Waals surface area contributed by atoms with E-state index in [-0.39, 0.29) is 24.0 Å². The zero-order valence-corrected chi connectivity index (χ0v) is 18.4. The predicted octanol–water partition coefficient (Wildman–Crippen LogP) is 2.89. The topological polar surface area (TPSA) is 62.3 Å². The lowest BCUT2D eigenvalue weighted by Gasteiger charge is -2.41. The minimum Gasteiger partial charge on any atom is -0.462 e. The first-order valence-electron chi connectivity index (χ1n) is 11.2. The molecule has 31 heavy (non-hydrogen) atoms. The van der Waals surface area contributed by atoms with E-state index in [0.29, 0.717) is 32.0 Å². The van der Waals surface area contributed by atoms with E-state index >= 15 is 0 Å². The van der Waals surface area contributed by atoms with Gasteiger partial charge in [0.2, 0.25) is 0 Å². The molecule has 4 rings (SSSR count). The number of piperazine rings is 1. The molecular formula is C23H32FN3O4. The molecule has 3 aliphatic heterocycles. The molecule has 170 valence electrons. The Bertz CT molecular complexity index is 795. The van der Waals surface area contributed by atoms with Crippen molar-refractivity contribution in [3.05, 3.63) is 30.1 Å². The third-order valence-corrected chi connectivity index (χ3v) is 7.17. The maximum atomic E-state index is 13.2. The zero-order valence-electron chi connectivity index (χ0n) is 18.4. The van der Waals surface area contributed by atoms with Gasteiger partial charge < -0.3 is 19.3 Å². The van der Waals surface area contributed by atoms with E-state index in [9.17, 15) is 14.0 Å². The van der Waals surface area contributed by atoms with Crippen molar-refractivity contribution in [3.8, 4) is 0 Å². The highest BCUT2D eigenvalue weighted by Crippen LogP contribution is 2.44. The standard InChI is InChI=1S/C23H32FN3O4/c1-17-16-27(19-5-3-18(24)4-6-19)14-13-25(17)10-7-20-15-23(21(28)31-20)8-11-26(12-9-23)22(29)30-2/h3-6,17,20H,7-16H2,1-2H3/t17-,20+/m1/s1. The Kier molecular flexibility index (Phi) is 6.36. The summed E-state index contributed by atoms with van der Waals surface area (Å²) in [4.78, 5) is 30.8. The van der Waals surface area contributed by atoms with Gasteiger partial charge in [0.25, 0.3) is 0 Å². The summed E-state index contributed by atoms with van der Waals surface area (Å²) in [5, 5.41) is 0. The van der Waals surface area contributed by atoms with Gasteiger partial charge in [0.1, 0.15) is 11.9 Å². The van der Waals surface area contributed by atoms with Crippen LogP contribution in [0.3, 0.4) is 0 Å². The third-order valence-electron chi connectivity index (χ3n) is 7.17. The number of hydrogen-bond acceptors (Lipinski definition) is 6. The average molecular weight is 434 g/mol. The highest BCUT2D eigenvalue weighted by molar-refractivity contribution is 5.79. The van der Waals surface area contributed by atoms with E-state index in [1.54, 1.807) is 4.90 Å². The van der Waals surface area contributed by atoms with E-state index < -0.39 is 5.41 Å². The lowest BCUT2D eigenvalue weighted by molar-refractivity contribution is -0.150. The average Bonchev–Trinajstić information content (AvgIpc) is 3.08. The predicted molar refractivity (Wildman–Crippen MR) is 114 cm³/mol. The van der Waals surface area contributed by atoms with Crippen molar-refractivity contribution >= 4 is 17.7 Å². The first-order valence-corrected chi connectivity index (χ1v) is 11.2. The smallest absolute Gasteiger partial charge is 0.409 e. The molecule has 3 heterocycles. The largest absolute Gasteiger partial charge is 0.462 e. The van der Waals surface area contributed by atoms with Crippen molar-refractivity contribution < 1.29 is 23.5 Å². The summed E-state index contributed by atoms with van der Waals surface area (Å²) in [5.41, 5.74) is 0.611. The van der Waals surface area contributed by atoms with Gasteiger partial charge in [-0.05, 0) is 50.5 Å². The number of rotatable bonds is 4. The maximum absolute atomic E-state index is 13.2. The highest BCUT2D eigenvalue weighted by Gasteiger charge is 2.50. The van der Waals surface area contributed by atoms with Crippen LogP contribution in [0.15, 0.2) is 24.3 Å². The summed E-state index contributed by atoms with van der Waals surface area (Å²) >= 11 is 0. The minimum absolute atomic E-state index is 0.0560. The monoisotopic (exact) mass is 433 g/mol. The number of benzene rings is 1. The van der Waals surface area contributed by atoms with Crippen molar-refractivity contribution in [2.75, 3.05) is 51.3 Å². The van der Waals surface area contributed by atoms with Crippen LogP contribution in [0.25, 0.3) is 0 Å².